The fourth-order valence-corrected chi connectivity index (χ4v) is 2.63. The van der Waals surface area contributed by atoms with Gasteiger partial charge in [-0.25, -0.2) is 5.43 Å². The number of carbonyl (C=O) groups is 1. The zero-order valence-corrected chi connectivity index (χ0v) is 13.9. The Morgan fingerprint density at radius 2 is 1.83 bits per heavy atom. The van der Waals surface area contributed by atoms with Gasteiger partial charge in [-0.15, -0.1) is 0 Å². The molecule has 0 atom stereocenters. The molecule has 2 aromatic carbocycles. The molecule has 0 saturated carbocycles. The van der Waals surface area contributed by atoms with Gasteiger partial charge >= 0.3 is 0 Å². The second-order valence-corrected chi connectivity index (χ2v) is 5.71. The molecule has 1 heterocycles. The molecule has 0 aliphatic heterocycles. The van der Waals surface area contributed by atoms with Crippen LogP contribution in [0.4, 0.5) is 0 Å². The second kappa shape index (κ2) is 7.15. The molecule has 1 N–H and O–H groups in total. The molecule has 0 unspecified atom stereocenters. The third-order valence-corrected chi connectivity index (χ3v) is 3.90. The first kappa shape index (κ1) is 16.0. The van der Waals surface area contributed by atoms with Gasteiger partial charge in [-0.3, -0.25) is 4.79 Å². The molecule has 0 radical (unpaired) electrons. The maximum atomic E-state index is 12.0. The lowest BCUT2D eigenvalue weighted by Gasteiger charge is -2.04. The van der Waals surface area contributed by atoms with Gasteiger partial charge in [0.25, 0.3) is 5.91 Å². The van der Waals surface area contributed by atoms with Crippen LogP contribution in [0.3, 0.4) is 0 Å². The average Bonchev–Trinajstić information content (AvgIpc) is 2.96. The minimum Gasteiger partial charge on any atom is -0.321 e. The number of nitrogens with zero attached hydrogens (tertiary/aromatic N) is 2. The number of carbonyl (C=O) groups excluding carboxylic acids is 1. The smallest absolute Gasteiger partial charge is 0.272 e. The van der Waals surface area contributed by atoms with E-state index in [1.807, 2.05) is 49.5 Å². The van der Waals surface area contributed by atoms with Gasteiger partial charge in [0.15, 0.2) is 0 Å². The molecule has 24 heavy (non-hydrogen) atoms. The van der Waals surface area contributed by atoms with E-state index in [9.17, 15) is 4.79 Å². The van der Waals surface area contributed by atoms with Crippen molar-refractivity contribution in [2.45, 2.75) is 6.92 Å². The molecule has 3 aromatic rings. The minimum atomic E-state index is -0.337. The third-order valence-electron chi connectivity index (χ3n) is 3.57. The standard InChI is InChI=1S/C19H16ClN3O/c1-14-11-15(13-23(14)16-7-3-2-4-8-16)12-21-22-19(24)17-9-5-6-10-18(17)20/h2-13H,1H3,(H,22,24)/b21-12-. The number of hydrazone groups is 1. The molecule has 0 bridgehead atoms. The van der Waals surface area contributed by atoms with Gasteiger partial charge in [-0.05, 0) is 37.3 Å². The monoisotopic (exact) mass is 337 g/mol. The van der Waals surface area contributed by atoms with E-state index in [1.165, 1.54) is 0 Å². The van der Waals surface area contributed by atoms with E-state index in [0.717, 1.165) is 16.9 Å². The fraction of sp³-hybridized carbons (Fsp3) is 0.0526. The number of hydrogen-bond acceptors (Lipinski definition) is 2. The number of amides is 1. The Morgan fingerprint density at radius 1 is 1.12 bits per heavy atom. The van der Waals surface area contributed by atoms with Crippen LogP contribution >= 0.6 is 11.6 Å². The number of benzene rings is 2. The number of nitrogens with one attached hydrogen (secondary N) is 1. The highest BCUT2D eigenvalue weighted by Gasteiger charge is 2.08. The van der Waals surface area contributed by atoms with Crippen molar-refractivity contribution in [2.24, 2.45) is 5.10 Å². The van der Waals surface area contributed by atoms with Crippen molar-refractivity contribution in [3.05, 3.63) is 88.7 Å². The summed E-state index contributed by atoms with van der Waals surface area (Å²) in [5.74, 6) is -0.337. The molecule has 1 aromatic heterocycles. The van der Waals surface area contributed by atoms with Crippen LogP contribution in [0.5, 0.6) is 0 Å². The van der Waals surface area contributed by atoms with Crippen molar-refractivity contribution in [3.63, 3.8) is 0 Å². The highest BCUT2D eigenvalue weighted by Crippen LogP contribution is 2.15. The lowest BCUT2D eigenvalue weighted by Crippen LogP contribution is -2.17. The Balaban J connectivity index is 1.72. The first-order chi connectivity index (χ1) is 11.6. The van der Waals surface area contributed by atoms with E-state index < -0.39 is 0 Å². The summed E-state index contributed by atoms with van der Waals surface area (Å²) in [5.41, 5.74) is 5.95. The van der Waals surface area contributed by atoms with E-state index >= 15 is 0 Å². The van der Waals surface area contributed by atoms with Crippen molar-refractivity contribution < 1.29 is 4.79 Å². The lowest BCUT2D eigenvalue weighted by atomic mass is 10.2. The quantitative estimate of drug-likeness (QED) is 0.562. The maximum absolute atomic E-state index is 12.0. The van der Waals surface area contributed by atoms with E-state index in [1.54, 1.807) is 30.5 Å². The summed E-state index contributed by atoms with van der Waals surface area (Å²) in [4.78, 5) is 12.0. The Kier molecular flexibility index (Phi) is 4.77. The van der Waals surface area contributed by atoms with Crippen LogP contribution in [0.25, 0.3) is 5.69 Å². The molecule has 3 rings (SSSR count). The second-order valence-electron chi connectivity index (χ2n) is 5.30. The number of halogens is 1. The number of para-hydroxylation sites is 1. The average molecular weight is 338 g/mol. The lowest BCUT2D eigenvalue weighted by molar-refractivity contribution is 0.0955. The highest BCUT2D eigenvalue weighted by atomic mass is 35.5. The summed E-state index contributed by atoms with van der Waals surface area (Å²) >= 11 is 5.99. The topological polar surface area (TPSA) is 46.4 Å². The molecule has 120 valence electrons. The number of aromatic nitrogens is 1. The Labute approximate surface area is 145 Å². The predicted octanol–water partition coefficient (Wildman–Crippen LogP) is 4.20. The van der Waals surface area contributed by atoms with Crippen molar-refractivity contribution in [2.75, 3.05) is 0 Å². The zero-order valence-electron chi connectivity index (χ0n) is 13.1. The summed E-state index contributed by atoms with van der Waals surface area (Å²) < 4.78 is 2.07. The molecule has 0 spiro atoms. The van der Waals surface area contributed by atoms with Crippen LogP contribution in [0.1, 0.15) is 21.6 Å². The molecular formula is C19H16ClN3O. The summed E-state index contributed by atoms with van der Waals surface area (Å²) in [6, 6.07) is 18.9. The Bertz CT molecular complexity index is 885. The van der Waals surface area contributed by atoms with Crippen molar-refractivity contribution in [1.29, 1.82) is 0 Å². The number of rotatable bonds is 4. The molecule has 0 saturated heterocycles. The molecule has 0 aliphatic rings. The normalized spacial score (nSPS) is 10.9. The zero-order chi connectivity index (χ0) is 16.9. The largest absolute Gasteiger partial charge is 0.321 e. The van der Waals surface area contributed by atoms with Gasteiger partial charge in [0, 0.05) is 23.1 Å². The molecular weight excluding hydrogens is 322 g/mol. The van der Waals surface area contributed by atoms with Crippen molar-refractivity contribution in [3.8, 4) is 5.69 Å². The maximum Gasteiger partial charge on any atom is 0.272 e. The van der Waals surface area contributed by atoms with Crippen LogP contribution in [-0.4, -0.2) is 16.7 Å². The summed E-state index contributed by atoms with van der Waals surface area (Å²) in [7, 11) is 0. The molecule has 1 amide bonds. The van der Waals surface area contributed by atoms with E-state index in [2.05, 4.69) is 15.1 Å². The van der Waals surface area contributed by atoms with Crippen LogP contribution in [0, 0.1) is 6.92 Å². The molecule has 4 nitrogen and oxygen atoms in total. The molecule has 0 aliphatic carbocycles. The van der Waals surface area contributed by atoms with Crippen LogP contribution in [-0.2, 0) is 0 Å². The molecule has 5 heteroatoms. The summed E-state index contributed by atoms with van der Waals surface area (Å²) in [6.45, 7) is 2.02. The Hall–Kier alpha value is -2.85. The van der Waals surface area contributed by atoms with Crippen LogP contribution in [0.2, 0.25) is 5.02 Å². The summed E-state index contributed by atoms with van der Waals surface area (Å²) in [5, 5.41) is 4.41. The van der Waals surface area contributed by atoms with Gasteiger partial charge in [0.2, 0.25) is 0 Å². The van der Waals surface area contributed by atoms with E-state index in [0.29, 0.717) is 10.6 Å². The van der Waals surface area contributed by atoms with Gasteiger partial charge < -0.3 is 4.57 Å². The van der Waals surface area contributed by atoms with E-state index in [-0.39, 0.29) is 5.91 Å². The summed E-state index contributed by atoms with van der Waals surface area (Å²) in [6.07, 6.45) is 3.58. The third kappa shape index (κ3) is 3.55. The SMILES string of the molecule is Cc1cc(/C=N\NC(=O)c2ccccc2Cl)cn1-c1ccccc1. The fourth-order valence-electron chi connectivity index (χ4n) is 2.41. The first-order valence-corrected chi connectivity index (χ1v) is 7.85. The number of hydrogen-bond donors (Lipinski definition) is 1. The van der Waals surface area contributed by atoms with Gasteiger partial charge in [0.05, 0.1) is 16.8 Å². The molecule has 0 fully saturated rings. The number of aryl methyl sites for hydroxylation is 1. The van der Waals surface area contributed by atoms with E-state index in [4.69, 9.17) is 11.6 Å². The van der Waals surface area contributed by atoms with Gasteiger partial charge in [-0.2, -0.15) is 5.10 Å². The minimum absolute atomic E-state index is 0.337. The highest BCUT2D eigenvalue weighted by molar-refractivity contribution is 6.33. The van der Waals surface area contributed by atoms with Crippen molar-refractivity contribution in [1.82, 2.24) is 9.99 Å². The Morgan fingerprint density at radius 3 is 2.58 bits per heavy atom. The van der Waals surface area contributed by atoms with Gasteiger partial charge in [0.1, 0.15) is 0 Å². The predicted molar refractivity (Wildman–Crippen MR) is 97.0 cm³/mol. The van der Waals surface area contributed by atoms with Crippen molar-refractivity contribution >= 4 is 23.7 Å². The van der Waals surface area contributed by atoms with Gasteiger partial charge in [-0.1, -0.05) is 41.9 Å². The first-order valence-electron chi connectivity index (χ1n) is 7.47. The van der Waals surface area contributed by atoms with Crippen LogP contribution < -0.4 is 5.43 Å². The van der Waals surface area contributed by atoms with Crippen LogP contribution in [0.15, 0.2) is 72.0 Å².